The maximum Gasteiger partial charge on any atom is 0.232 e. The fraction of sp³-hybridized carbons (Fsp3) is 0.100. The second-order valence-corrected chi connectivity index (χ2v) is 6.78. The second-order valence-electron chi connectivity index (χ2n) is 6.55. The fourth-order valence-electron chi connectivity index (χ4n) is 2.73. The van der Waals surface area contributed by atoms with Crippen LogP contribution in [-0.4, -0.2) is 25.1 Å². The van der Waals surface area contributed by atoms with Gasteiger partial charge in [-0.05, 0) is 42.8 Å². The number of aryl methyl sites for hydroxylation is 1. The third kappa shape index (κ3) is 5.17. The Balaban J connectivity index is 1.57. The minimum Gasteiger partial charge on any atom is -0.366 e. The van der Waals surface area contributed by atoms with E-state index in [-0.39, 0.29) is 0 Å². The predicted octanol–water partition coefficient (Wildman–Crippen LogP) is 4.26. The Kier molecular flexibility index (Phi) is 5.95. The highest BCUT2D eigenvalue weighted by Crippen LogP contribution is 2.22. The molecule has 5 N–H and O–H groups in total. The number of anilines is 6. The lowest BCUT2D eigenvalue weighted by Crippen LogP contribution is -2.07. The van der Waals surface area contributed by atoms with Crippen LogP contribution in [0.3, 0.4) is 0 Å². The summed E-state index contributed by atoms with van der Waals surface area (Å²) >= 11 is 4.05. The van der Waals surface area contributed by atoms with Crippen LogP contribution < -0.4 is 20.7 Å². The quantitative estimate of drug-likeness (QED) is 0.235. The lowest BCUT2D eigenvalue weighted by Gasteiger charge is -2.12. The van der Waals surface area contributed by atoms with Crippen LogP contribution in [0.25, 0.3) is 0 Å². The summed E-state index contributed by atoms with van der Waals surface area (Å²) in [6.45, 7) is 2.52. The molecule has 152 valence electrons. The highest BCUT2D eigenvalue weighted by Gasteiger charge is 2.08. The summed E-state index contributed by atoms with van der Waals surface area (Å²) in [6, 6.07) is 15.4. The molecule has 0 amide bonds. The Labute approximate surface area is 179 Å². The van der Waals surface area contributed by atoms with Crippen molar-refractivity contribution >= 4 is 47.6 Å². The third-order valence-corrected chi connectivity index (χ3v) is 4.41. The molecule has 3 heterocycles. The summed E-state index contributed by atoms with van der Waals surface area (Å²) < 4.78 is 2.80. The molecule has 1 aromatic carbocycles. The molecule has 0 fully saturated rings. The number of hydrogen-bond donors (Lipinski definition) is 6. The zero-order chi connectivity index (χ0) is 20.8. The van der Waals surface area contributed by atoms with Crippen molar-refractivity contribution in [3.05, 3.63) is 72.2 Å². The molecule has 0 saturated heterocycles. The molecule has 4 aromatic rings. The number of aromatic amines is 1. The van der Waals surface area contributed by atoms with Crippen LogP contribution in [0.5, 0.6) is 0 Å². The first-order chi connectivity index (χ1) is 14.7. The molecule has 30 heavy (non-hydrogen) atoms. The zero-order valence-corrected chi connectivity index (χ0v) is 17.1. The van der Waals surface area contributed by atoms with Gasteiger partial charge in [0.05, 0.1) is 0 Å². The molecule has 0 aliphatic carbocycles. The number of rotatable bonds is 8. The summed E-state index contributed by atoms with van der Waals surface area (Å²) in [6.07, 6.45) is 3.56. The average molecular weight is 420 g/mol. The standard InChI is InChI=1S/C20H21N9S/c1-13-9-19(28-27-13)26-20-24-17(22-12-14-3-2-8-21-11-14)10-18(25-20)23-15-4-6-16(29-30)7-5-15/h2-11,29-30H,12H2,1H3,(H4,22,23,24,25,26,27,28). The zero-order valence-electron chi connectivity index (χ0n) is 16.2. The van der Waals surface area contributed by atoms with Crippen molar-refractivity contribution in [3.63, 3.8) is 0 Å². The summed E-state index contributed by atoms with van der Waals surface area (Å²) in [4.78, 5) is 13.3. The first-order valence-corrected chi connectivity index (χ1v) is 9.71. The largest absolute Gasteiger partial charge is 0.366 e. The minimum atomic E-state index is 0.425. The Bertz CT molecular complexity index is 1100. The Morgan fingerprint density at radius 3 is 2.43 bits per heavy atom. The van der Waals surface area contributed by atoms with Crippen LogP contribution in [0.1, 0.15) is 11.3 Å². The van der Waals surface area contributed by atoms with E-state index < -0.39 is 0 Å². The first-order valence-electron chi connectivity index (χ1n) is 9.26. The SMILES string of the molecule is Cc1cc(Nc2nc(NCc3cccnc3)cc(Nc3ccc(NS)cc3)n2)n[nH]1. The maximum atomic E-state index is 4.56. The molecule has 0 saturated carbocycles. The van der Waals surface area contributed by atoms with Crippen molar-refractivity contribution in [1.82, 2.24) is 25.1 Å². The van der Waals surface area contributed by atoms with Gasteiger partial charge in [-0.2, -0.15) is 15.1 Å². The van der Waals surface area contributed by atoms with Crippen LogP contribution in [0.2, 0.25) is 0 Å². The third-order valence-electron chi connectivity index (χ3n) is 4.15. The van der Waals surface area contributed by atoms with Crippen molar-refractivity contribution in [2.45, 2.75) is 13.5 Å². The van der Waals surface area contributed by atoms with Gasteiger partial charge < -0.3 is 20.7 Å². The molecule has 10 heteroatoms. The van der Waals surface area contributed by atoms with Crippen molar-refractivity contribution in [2.24, 2.45) is 0 Å². The number of aromatic nitrogens is 5. The van der Waals surface area contributed by atoms with Gasteiger partial charge in [-0.25, -0.2) is 0 Å². The van der Waals surface area contributed by atoms with Crippen LogP contribution in [0, 0.1) is 6.92 Å². The van der Waals surface area contributed by atoms with Crippen molar-refractivity contribution in [2.75, 3.05) is 20.7 Å². The number of nitrogens with zero attached hydrogens (tertiary/aromatic N) is 4. The Morgan fingerprint density at radius 2 is 1.73 bits per heavy atom. The number of benzene rings is 1. The number of thiol groups is 1. The number of H-pyrrole nitrogens is 1. The van der Waals surface area contributed by atoms with Gasteiger partial charge in [0, 0.05) is 48.1 Å². The van der Waals surface area contributed by atoms with Gasteiger partial charge in [-0.3, -0.25) is 10.1 Å². The van der Waals surface area contributed by atoms with Gasteiger partial charge in [-0.1, -0.05) is 18.9 Å². The van der Waals surface area contributed by atoms with Crippen molar-refractivity contribution in [3.8, 4) is 0 Å². The van der Waals surface area contributed by atoms with E-state index in [9.17, 15) is 0 Å². The molecule has 0 bridgehead atoms. The fourth-order valence-corrected chi connectivity index (χ4v) is 2.87. The molecular formula is C20H21N9S. The molecule has 0 spiro atoms. The van der Waals surface area contributed by atoms with E-state index in [2.05, 4.69) is 58.6 Å². The molecule has 0 atom stereocenters. The van der Waals surface area contributed by atoms with Crippen LogP contribution in [0.4, 0.5) is 34.8 Å². The van der Waals surface area contributed by atoms with E-state index in [1.165, 1.54) is 0 Å². The van der Waals surface area contributed by atoms with Gasteiger partial charge >= 0.3 is 0 Å². The highest BCUT2D eigenvalue weighted by molar-refractivity contribution is 7.81. The van der Waals surface area contributed by atoms with E-state index in [1.54, 1.807) is 6.20 Å². The van der Waals surface area contributed by atoms with Crippen LogP contribution >= 0.6 is 12.8 Å². The van der Waals surface area contributed by atoms with Gasteiger partial charge in [0.2, 0.25) is 5.95 Å². The predicted molar refractivity (Wildman–Crippen MR) is 123 cm³/mol. The summed E-state index contributed by atoms with van der Waals surface area (Å²) in [5.41, 5.74) is 3.79. The summed E-state index contributed by atoms with van der Waals surface area (Å²) in [7, 11) is 0. The number of hydrogen-bond acceptors (Lipinski definition) is 9. The average Bonchev–Trinajstić information content (AvgIpc) is 3.18. The molecule has 4 rings (SSSR count). The van der Waals surface area contributed by atoms with Gasteiger partial charge in [0.15, 0.2) is 5.82 Å². The number of nitrogens with one attached hydrogen (secondary N) is 5. The number of pyridine rings is 1. The molecule has 3 aromatic heterocycles. The molecule has 9 nitrogen and oxygen atoms in total. The molecular weight excluding hydrogens is 398 g/mol. The highest BCUT2D eigenvalue weighted by atomic mass is 32.1. The lowest BCUT2D eigenvalue weighted by atomic mass is 10.3. The monoisotopic (exact) mass is 419 g/mol. The topological polar surface area (TPSA) is 115 Å². The Morgan fingerprint density at radius 1 is 0.933 bits per heavy atom. The molecule has 0 radical (unpaired) electrons. The lowest BCUT2D eigenvalue weighted by molar-refractivity contribution is 1.04. The van der Waals surface area contributed by atoms with Crippen LogP contribution in [0.15, 0.2) is 60.9 Å². The van der Waals surface area contributed by atoms with E-state index >= 15 is 0 Å². The van der Waals surface area contributed by atoms with Gasteiger partial charge in [-0.15, -0.1) is 0 Å². The minimum absolute atomic E-state index is 0.425. The smallest absolute Gasteiger partial charge is 0.232 e. The van der Waals surface area contributed by atoms with Crippen molar-refractivity contribution < 1.29 is 0 Å². The summed E-state index contributed by atoms with van der Waals surface area (Å²) in [5.74, 6) is 2.38. The normalized spacial score (nSPS) is 10.5. The van der Waals surface area contributed by atoms with E-state index in [0.29, 0.717) is 29.9 Å². The van der Waals surface area contributed by atoms with E-state index in [0.717, 1.165) is 22.6 Å². The molecule has 0 unspecified atom stereocenters. The summed E-state index contributed by atoms with van der Waals surface area (Å²) in [5, 5.41) is 16.8. The molecule has 0 aliphatic rings. The van der Waals surface area contributed by atoms with Gasteiger partial charge in [0.25, 0.3) is 0 Å². The second kappa shape index (κ2) is 9.14. The maximum absolute atomic E-state index is 4.56. The Hall–Kier alpha value is -3.79. The van der Waals surface area contributed by atoms with E-state index in [1.807, 2.05) is 61.7 Å². The van der Waals surface area contributed by atoms with Crippen LogP contribution in [-0.2, 0) is 6.54 Å². The molecule has 0 aliphatic heterocycles. The first kappa shape index (κ1) is 19.5. The van der Waals surface area contributed by atoms with Crippen molar-refractivity contribution in [1.29, 1.82) is 0 Å². The van der Waals surface area contributed by atoms with Gasteiger partial charge in [0.1, 0.15) is 11.6 Å². The van der Waals surface area contributed by atoms with E-state index in [4.69, 9.17) is 0 Å².